The predicted octanol–water partition coefficient (Wildman–Crippen LogP) is 3.21. The van der Waals surface area contributed by atoms with E-state index < -0.39 is 11.9 Å². The van der Waals surface area contributed by atoms with Crippen molar-refractivity contribution >= 4 is 18.3 Å². The molecule has 2 aromatic rings. The van der Waals surface area contributed by atoms with Crippen LogP contribution < -0.4 is 20.5 Å². The Morgan fingerprint density at radius 3 is 2.54 bits per heavy atom. The molecular weight excluding hydrogens is 359 g/mol. The molecule has 5 nitrogen and oxygen atoms in total. The summed E-state index contributed by atoms with van der Waals surface area (Å²) >= 11 is 0. The first-order valence-corrected chi connectivity index (χ1v) is 7.97. The first-order chi connectivity index (χ1) is 11.9. The molecule has 142 valence electrons. The average molecular weight is 383 g/mol. The minimum Gasteiger partial charge on any atom is -0.497 e. The van der Waals surface area contributed by atoms with Gasteiger partial charge in [-0.1, -0.05) is 12.1 Å². The summed E-state index contributed by atoms with van der Waals surface area (Å²) < 4.78 is 24.4. The van der Waals surface area contributed by atoms with E-state index in [4.69, 9.17) is 15.2 Å². The number of halogens is 2. The number of benzene rings is 2. The van der Waals surface area contributed by atoms with Crippen LogP contribution in [0.4, 0.5) is 4.39 Å². The Hall–Kier alpha value is -2.31. The molecule has 0 saturated carbocycles. The van der Waals surface area contributed by atoms with E-state index >= 15 is 0 Å². The average Bonchev–Trinajstić information content (AvgIpc) is 2.59. The Morgan fingerprint density at radius 1 is 1.19 bits per heavy atom. The number of carbonyl (C=O) groups excluding carboxylic acids is 1. The Balaban J connectivity index is 0.00000338. The molecule has 3 N–H and O–H groups in total. The molecule has 0 saturated heterocycles. The fourth-order valence-electron chi connectivity index (χ4n) is 2.60. The van der Waals surface area contributed by atoms with Crippen molar-refractivity contribution in [3.8, 4) is 11.5 Å². The molecule has 2 atom stereocenters. The maximum atomic E-state index is 13.8. The number of hydrogen-bond donors (Lipinski definition) is 2. The van der Waals surface area contributed by atoms with Crippen LogP contribution in [-0.4, -0.2) is 26.2 Å². The number of amides is 1. The van der Waals surface area contributed by atoms with Gasteiger partial charge in [-0.15, -0.1) is 12.4 Å². The summed E-state index contributed by atoms with van der Waals surface area (Å²) in [6.07, 6.45) is 0.165. The number of carbonyl (C=O) groups is 1. The smallest absolute Gasteiger partial charge is 0.222 e. The van der Waals surface area contributed by atoms with E-state index in [0.717, 1.165) is 5.56 Å². The molecule has 0 aliphatic heterocycles. The maximum Gasteiger partial charge on any atom is 0.222 e. The van der Waals surface area contributed by atoms with Crippen LogP contribution in [-0.2, 0) is 4.79 Å². The van der Waals surface area contributed by atoms with E-state index in [0.29, 0.717) is 17.1 Å². The standard InChI is InChI=1S/C19H23FN2O3.ClH/c1-12(21)9-18(23)22-19(13-5-4-6-15(10-13)24-2)16-11-14(20)7-8-17(16)25-3;/h4-8,10-12,19H,9,21H2,1-3H3,(H,22,23);1H. The fourth-order valence-corrected chi connectivity index (χ4v) is 2.60. The van der Waals surface area contributed by atoms with E-state index in [1.54, 1.807) is 26.2 Å². The lowest BCUT2D eigenvalue weighted by atomic mass is 9.97. The van der Waals surface area contributed by atoms with Gasteiger partial charge in [0.25, 0.3) is 0 Å². The van der Waals surface area contributed by atoms with Crippen molar-refractivity contribution in [2.45, 2.75) is 25.4 Å². The molecule has 0 heterocycles. The van der Waals surface area contributed by atoms with Gasteiger partial charge in [-0.25, -0.2) is 4.39 Å². The molecular formula is C19H24ClFN2O3. The van der Waals surface area contributed by atoms with Crippen LogP contribution in [0, 0.1) is 5.82 Å². The van der Waals surface area contributed by atoms with Crippen LogP contribution in [0.3, 0.4) is 0 Å². The molecule has 0 bridgehead atoms. The highest BCUT2D eigenvalue weighted by Gasteiger charge is 2.22. The number of ether oxygens (including phenoxy) is 2. The van der Waals surface area contributed by atoms with Crippen molar-refractivity contribution in [2.75, 3.05) is 14.2 Å². The van der Waals surface area contributed by atoms with Crippen LogP contribution in [0.2, 0.25) is 0 Å². The second-order valence-electron chi connectivity index (χ2n) is 5.84. The van der Waals surface area contributed by atoms with Gasteiger partial charge >= 0.3 is 0 Å². The summed E-state index contributed by atoms with van der Waals surface area (Å²) in [5.74, 6) is 0.480. The largest absolute Gasteiger partial charge is 0.497 e. The summed E-state index contributed by atoms with van der Waals surface area (Å²) in [6, 6.07) is 10.6. The number of methoxy groups -OCH3 is 2. The van der Waals surface area contributed by atoms with Gasteiger partial charge in [0.15, 0.2) is 0 Å². The molecule has 2 unspecified atom stereocenters. The molecule has 26 heavy (non-hydrogen) atoms. The summed E-state index contributed by atoms with van der Waals surface area (Å²) in [5.41, 5.74) is 6.98. The van der Waals surface area contributed by atoms with Gasteiger partial charge in [0.2, 0.25) is 5.91 Å². The van der Waals surface area contributed by atoms with E-state index in [1.807, 2.05) is 12.1 Å². The van der Waals surface area contributed by atoms with Gasteiger partial charge in [-0.3, -0.25) is 4.79 Å². The van der Waals surface area contributed by atoms with Gasteiger partial charge in [-0.05, 0) is 42.8 Å². The highest BCUT2D eigenvalue weighted by Crippen LogP contribution is 2.32. The zero-order chi connectivity index (χ0) is 18.4. The van der Waals surface area contributed by atoms with E-state index in [1.165, 1.54) is 25.3 Å². The second-order valence-corrected chi connectivity index (χ2v) is 5.84. The van der Waals surface area contributed by atoms with Crippen LogP contribution in [0.1, 0.15) is 30.5 Å². The lowest BCUT2D eigenvalue weighted by Crippen LogP contribution is -2.33. The van der Waals surface area contributed by atoms with E-state index in [-0.39, 0.29) is 30.8 Å². The van der Waals surface area contributed by atoms with Gasteiger partial charge in [0.05, 0.1) is 20.3 Å². The lowest BCUT2D eigenvalue weighted by Gasteiger charge is -2.23. The molecule has 0 spiro atoms. The first kappa shape index (κ1) is 21.7. The lowest BCUT2D eigenvalue weighted by molar-refractivity contribution is -0.121. The molecule has 1 amide bonds. The topological polar surface area (TPSA) is 73.6 Å². The highest BCUT2D eigenvalue weighted by atomic mass is 35.5. The van der Waals surface area contributed by atoms with Gasteiger partial charge in [0, 0.05) is 18.0 Å². The predicted molar refractivity (Wildman–Crippen MR) is 101 cm³/mol. The number of rotatable bonds is 7. The Kier molecular flexibility index (Phi) is 8.35. The van der Waals surface area contributed by atoms with Crippen molar-refractivity contribution in [1.29, 1.82) is 0 Å². The van der Waals surface area contributed by atoms with Crippen molar-refractivity contribution in [3.63, 3.8) is 0 Å². The fraction of sp³-hybridized carbons (Fsp3) is 0.316. The summed E-state index contributed by atoms with van der Waals surface area (Å²) in [5, 5.41) is 2.91. The van der Waals surface area contributed by atoms with Crippen molar-refractivity contribution < 1.29 is 18.7 Å². The van der Waals surface area contributed by atoms with Gasteiger partial charge in [-0.2, -0.15) is 0 Å². The third-order valence-corrected chi connectivity index (χ3v) is 3.74. The zero-order valence-corrected chi connectivity index (χ0v) is 15.8. The Labute approximate surface area is 159 Å². The van der Waals surface area contributed by atoms with Crippen LogP contribution in [0.25, 0.3) is 0 Å². The molecule has 0 aliphatic rings. The molecule has 2 aromatic carbocycles. The normalized spacial score (nSPS) is 12.5. The number of nitrogens with one attached hydrogen (secondary N) is 1. The quantitative estimate of drug-likeness (QED) is 0.771. The maximum absolute atomic E-state index is 13.8. The molecule has 0 fully saturated rings. The summed E-state index contributed by atoms with van der Waals surface area (Å²) in [7, 11) is 3.06. The third-order valence-electron chi connectivity index (χ3n) is 3.74. The van der Waals surface area contributed by atoms with Crippen molar-refractivity contribution in [2.24, 2.45) is 5.73 Å². The molecule has 2 rings (SSSR count). The molecule has 7 heteroatoms. The van der Waals surface area contributed by atoms with Gasteiger partial charge < -0.3 is 20.5 Å². The number of nitrogens with two attached hydrogens (primary N) is 1. The van der Waals surface area contributed by atoms with E-state index in [9.17, 15) is 9.18 Å². The van der Waals surface area contributed by atoms with Crippen LogP contribution >= 0.6 is 12.4 Å². The number of hydrogen-bond acceptors (Lipinski definition) is 4. The monoisotopic (exact) mass is 382 g/mol. The van der Waals surface area contributed by atoms with Crippen molar-refractivity contribution in [3.05, 3.63) is 59.4 Å². The minimum atomic E-state index is -0.591. The second kappa shape index (κ2) is 9.99. The molecule has 0 aliphatic carbocycles. The molecule has 0 aromatic heterocycles. The minimum absolute atomic E-state index is 0. The van der Waals surface area contributed by atoms with E-state index in [2.05, 4.69) is 5.32 Å². The first-order valence-electron chi connectivity index (χ1n) is 7.97. The SMILES string of the molecule is COc1cccc(C(NC(=O)CC(C)N)c2cc(F)ccc2OC)c1.Cl. The van der Waals surface area contributed by atoms with Crippen molar-refractivity contribution in [1.82, 2.24) is 5.32 Å². The summed E-state index contributed by atoms with van der Waals surface area (Å²) in [6.45, 7) is 1.75. The highest BCUT2D eigenvalue weighted by molar-refractivity contribution is 5.85. The zero-order valence-electron chi connectivity index (χ0n) is 15.0. The summed E-state index contributed by atoms with van der Waals surface area (Å²) in [4.78, 5) is 12.3. The van der Waals surface area contributed by atoms with Gasteiger partial charge in [0.1, 0.15) is 17.3 Å². The Bertz CT molecular complexity index is 740. The Morgan fingerprint density at radius 2 is 1.92 bits per heavy atom. The third kappa shape index (κ3) is 5.61. The van der Waals surface area contributed by atoms with Crippen LogP contribution in [0.5, 0.6) is 11.5 Å². The molecule has 0 radical (unpaired) electrons. The van der Waals surface area contributed by atoms with Crippen LogP contribution in [0.15, 0.2) is 42.5 Å².